The largest absolute Gasteiger partial charge is 0.493 e. The first-order valence-corrected chi connectivity index (χ1v) is 31.7. The van der Waals surface area contributed by atoms with Crippen molar-refractivity contribution < 1.29 is 71.9 Å². The molecule has 18 heteroatoms. The molecule has 0 aliphatic rings. The highest BCUT2D eigenvalue weighted by molar-refractivity contribution is 5.96. The molecule has 10 rings (SSSR count). The summed E-state index contributed by atoms with van der Waals surface area (Å²) in [5.41, 5.74) is 9.40. The van der Waals surface area contributed by atoms with E-state index in [-0.39, 0.29) is 75.1 Å². The number of esters is 4. The topological polar surface area (TPSA) is 222 Å². The van der Waals surface area contributed by atoms with Gasteiger partial charge in [-0.3, -0.25) is 0 Å². The molecule has 0 aliphatic carbocycles. The van der Waals surface area contributed by atoms with Crippen LogP contribution in [0.15, 0.2) is 237 Å². The molecule has 3 unspecified atom stereocenters. The summed E-state index contributed by atoms with van der Waals surface area (Å²) in [6.07, 6.45) is 0. The van der Waals surface area contributed by atoms with E-state index in [1.807, 2.05) is 130 Å². The van der Waals surface area contributed by atoms with Crippen LogP contribution in [0, 0.1) is 47.0 Å². The molecule has 0 bridgehead atoms. The molecule has 3 atom stereocenters. The van der Waals surface area contributed by atoms with Crippen LogP contribution in [-0.2, 0) is 37.4 Å². The van der Waals surface area contributed by atoms with Crippen molar-refractivity contribution in [1.82, 2.24) is 0 Å². The van der Waals surface area contributed by atoms with Gasteiger partial charge in [0.1, 0.15) is 42.0 Å². The predicted molar refractivity (Wildman–Crippen MR) is 368 cm³/mol. The Hall–Kier alpha value is -12.4. The molecule has 10 aromatic rings. The van der Waals surface area contributed by atoms with Crippen LogP contribution < -0.4 is 28.6 Å². The highest BCUT2D eigenvalue weighted by Crippen LogP contribution is 2.29. The third kappa shape index (κ3) is 20.8. The number of carbonyl (C=O) groups excluding carboxylic acids is 4. The fourth-order valence-electron chi connectivity index (χ4n) is 9.64. The minimum Gasteiger partial charge on any atom is -0.493 e. The third-order valence-electron chi connectivity index (χ3n) is 15.2. The number of nitriles is 2. The Kier molecular flexibility index (Phi) is 24.5. The van der Waals surface area contributed by atoms with Crippen molar-refractivity contribution in [3.8, 4) is 80.0 Å². The van der Waals surface area contributed by atoms with Gasteiger partial charge in [0.25, 0.3) is 0 Å². The van der Waals surface area contributed by atoms with E-state index in [9.17, 15) is 19.2 Å². The number of ether oxygens (including phenoxy) is 7. The van der Waals surface area contributed by atoms with E-state index < -0.39 is 23.9 Å². The minimum atomic E-state index is -0.704. The van der Waals surface area contributed by atoms with Gasteiger partial charge < -0.3 is 38.0 Å². The Bertz CT molecular complexity index is 4270. The van der Waals surface area contributed by atoms with E-state index in [1.54, 1.807) is 121 Å². The van der Waals surface area contributed by atoms with Crippen LogP contribution in [0.3, 0.4) is 0 Å². The SMILES string of the molecule is [C-]#[N+]c1ccc(-c2ccc(OOCc3ccc(OCC(C)COOCc4cc(C(=O)OCC(C)COc5ccc(C(=O)Oc6ccc(-c7ccc(C#N)cc7)cc6)cc5)cc(C(=O)OCC(C)COc5ccc(C(=O)Oc6ccc(-c7ccc(C#N)cc7)cc6)cc5)c4)cc3)cc2)cc1. The monoisotopic (exact) mass is 1320 g/mol. The Balaban J connectivity index is 0.682. The first-order valence-electron chi connectivity index (χ1n) is 31.7. The second-order valence-corrected chi connectivity index (χ2v) is 23.3. The molecular weight excluding hydrogens is 1250 g/mol. The van der Waals surface area contributed by atoms with Crippen LogP contribution in [0.2, 0.25) is 0 Å². The predicted octanol–water partition coefficient (Wildman–Crippen LogP) is 16.8. The molecule has 0 saturated heterocycles. The Morgan fingerprint density at radius 3 is 1.09 bits per heavy atom. The lowest BCUT2D eigenvalue weighted by molar-refractivity contribution is -0.310. The zero-order chi connectivity index (χ0) is 69.3. The summed E-state index contributed by atoms with van der Waals surface area (Å²) in [4.78, 5) is 79.2. The van der Waals surface area contributed by atoms with Gasteiger partial charge in [0.15, 0.2) is 11.4 Å². The summed E-state index contributed by atoms with van der Waals surface area (Å²) in [6, 6.07) is 72.4. The van der Waals surface area contributed by atoms with Gasteiger partial charge in [-0.2, -0.15) is 15.4 Å². The molecule has 0 saturated carbocycles. The summed E-state index contributed by atoms with van der Waals surface area (Å²) in [5.74, 6) is -0.300. The van der Waals surface area contributed by atoms with Gasteiger partial charge in [0.05, 0.1) is 91.7 Å². The van der Waals surface area contributed by atoms with Crippen molar-refractivity contribution in [3.05, 3.63) is 293 Å². The molecule has 10 aromatic carbocycles. The van der Waals surface area contributed by atoms with Crippen molar-refractivity contribution >= 4 is 29.6 Å². The highest BCUT2D eigenvalue weighted by atomic mass is 17.2. The van der Waals surface area contributed by atoms with Gasteiger partial charge in [-0.1, -0.05) is 118 Å². The summed E-state index contributed by atoms with van der Waals surface area (Å²) >= 11 is 0. The minimum absolute atomic E-state index is 0.0355. The van der Waals surface area contributed by atoms with Gasteiger partial charge >= 0.3 is 23.9 Å². The van der Waals surface area contributed by atoms with Crippen molar-refractivity contribution in [2.45, 2.75) is 34.0 Å². The maximum atomic E-state index is 13.8. The van der Waals surface area contributed by atoms with Gasteiger partial charge in [0, 0.05) is 17.8 Å². The molecule has 0 amide bonds. The zero-order valence-electron chi connectivity index (χ0n) is 54.4. The van der Waals surface area contributed by atoms with Crippen LogP contribution in [0.25, 0.3) is 38.2 Å². The Morgan fingerprint density at radius 1 is 0.354 bits per heavy atom. The van der Waals surface area contributed by atoms with Crippen LogP contribution in [-0.4, -0.2) is 63.5 Å². The Morgan fingerprint density at radius 2 is 0.697 bits per heavy atom. The van der Waals surface area contributed by atoms with Gasteiger partial charge in [-0.15, -0.1) is 0 Å². The van der Waals surface area contributed by atoms with Gasteiger partial charge in [0.2, 0.25) is 0 Å². The second-order valence-electron chi connectivity index (χ2n) is 23.3. The van der Waals surface area contributed by atoms with Crippen LogP contribution >= 0.6 is 0 Å². The van der Waals surface area contributed by atoms with E-state index >= 15 is 0 Å². The number of rotatable bonds is 31. The lowest BCUT2D eigenvalue weighted by atomic mass is 10.0. The van der Waals surface area contributed by atoms with Gasteiger partial charge in [-0.05, 0) is 184 Å². The van der Waals surface area contributed by atoms with Crippen molar-refractivity contribution in [3.63, 3.8) is 0 Å². The smallest absolute Gasteiger partial charge is 0.343 e. The van der Waals surface area contributed by atoms with Crippen molar-refractivity contribution in [2.75, 3.05) is 39.6 Å². The maximum absolute atomic E-state index is 13.8. The molecule has 0 spiro atoms. The normalized spacial score (nSPS) is 11.6. The lowest BCUT2D eigenvalue weighted by Gasteiger charge is -2.16. The highest BCUT2D eigenvalue weighted by Gasteiger charge is 2.20. The van der Waals surface area contributed by atoms with E-state index in [0.29, 0.717) is 74.6 Å². The van der Waals surface area contributed by atoms with Crippen LogP contribution in [0.4, 0.5) is 5.69 Å². The molecule has 0 heterocycles. The van der Waals surface area contributed by atoms with Crippen molar-refractivity contribution in [1.29, 1.82) is 10.5 Å². The average Bonchev–Trinajstić information content (AvgIpc) is 1.09. The van der Waals surface area contributed by atoms with Crippen LogP contribution in [0.1, 0.15) is 84.5 Å². The molecule has 0 radical (unpaired) electrons. The number of hydrogen-bond acceptors (Lipinski definition) is 17. The molecule has 18 nitrogen and oxygen atoms in total. The number of carbonyl (C=O) groups is 4. The van der Waals surface area contributed by atoms with E-state index in [0.717, 1.165) is 38.9 Å². The number of benzene rings is 10. The first-order chi connectivity index (χ1) is 48.2. The quantitative estimate of drug-likeness (QED) is 0.00984. The zero-order valence-corrected chi connectivity index (χ0v) is 54.4. The molecular formula is C81H67N3O15. The van der Waals surface area contributed by atoms with Gasteiger partial charge in [-0.25, -0.2) is 33.8 Å². The molecule has 496 valence electrons. The molecule has 0 N–H and O–H groups in total. The van der Waals surface area contributed by atoms with Crippen LogP contribution in [0.5, 0.6) is 34.5 Å². The molecule has 0 aromatic heterocycles. The fourth-order valence-corrected chi connectivity index (χ4v) is 9.64. The van der Waals surface area contributed by atoms with Crippen molar-refractivity contribution in [2.24, 2.45) is 17.8 Å². The fraction of sp³-hybridized carbons (Fsp3) is 0.173. The maximum Gasteiger partial charge on any atom is 0.343 e. The summed E-state index contributed by atoms with van der Waals surface area (Å²) in [5, 5.41) is 18.2. The van der Waals surface area contributed by atoms with E-state index in [1.165, 1.54) is 6.07 Å². The number of nitrogens with zero attached hydrogens (tertiary/aromatic N) is 3. The molecule has 0 fully saturated rings. The first kappa shape index (κ1) is 69.5. The van der Waals surface area contributed by atoms with E-state index in [4.69, 9.17) is 69.8 Å². The summed E-state index contributed by atoms with van der Waals surface area (Å²) < 4.78 is 40.7. The Labute approximate surface area is 573 Å². The average molecular weight is 1320 g/mol. The summed E-state index contributed by atoms with van der Waals surface area (Å²) in [7, 11) is 0. The van der Waals surface area contributed by atoms with E-state index in [2.05, 4.69) is 17.0 Å². The lowest BCUT2D eigenvalue weighted by Crippen LogP contribution is -2.20. The standard InChI is InChI=1S/C81H67N3O15/c1-54(46-89-73-31-23-67(24-32-73)80(87)97-75-35-17-64(18-36-75)61-11-5-57(44-82)6-12-61)49-92-78(85)69-41-60(53-95-94-51-56(3)48-91-72-29-9-59(10-30-72)52-96-99-77-39-21-66(22-40-77)63-15-27-71(84-4)28-16-63)42-70(43-69)79(86)93-50-55(2)47-90-74-33-25-68(26-34-74)81(88)98-76-37-19-65(20-38-76)62-13-7-58(45-83)8-14-62/h5-43,54-56H,46-53H2,1-3H3. The third-order valence-corrected chi connectivity index (χ3v) is 15.2. The molecule has 99 heavy (non-hydrogen) atoms. The summed E-state index contributed by atoms with van der Waals surface area (Å²) in [6.45, 7) is 13.5. The molecule has 0 aliphatic heterocycles. The second kappa shape index (κ2) is 34.9. The number of hydrogen-bond donors (Lipinski definition) is 0.